The molecule has 1 fully saturated rings. The van der Waals surface area contributed by atoms with Crippen molar-refractivity contribution >= 4 is 15.9 Å². The zero-order valence-corrected chi connectivity index (χ0v) is 18.5. The van der Waals surface area contributed by atoms with Crippen LogP contribution in [0.2, 0.25) is 0 Å². The average Bonchev–Trinajstić information content (AvgIpc) is 3.51. The minimum Gasteiger partial charge on any atom is -0.459 e. The number of hydrogen-bond donors (Lipinski definition) is 0. The van der Waals surface area contributed by atoms with Gasteiger partial charge in [-0.2, -0.15) is 4.31 Å². The van der Waals surface area contributed by atoms with E-state index in [2.05, 4.69) is 10.2 Å². The molecular formula is C21H24N4O6S. The molecular weight excluding hydrogens is 436 g/mol. The van der Waals surface area contributed by atoms with Crippen LogP contribution in [0.15, 0.2) is 56.4 Å². The largest absolute Gasteiger partial charge is 0.459 e. The lowest BCUT2D eigenvalue weighted by molar-refractivity contribution is 0.0724. The van der Waals surface area contributed by atoms with Gasteiger partial charge in [-0.3, -0.25) is 4.79 Å². The van der Waals surface area contributed by atoms with Crippen molar-refractivity contribution in [3.8, 4) is 11.7 Å². The van der Waals surface area contributed by atoms with E-state index >= 15 is 0 Å². The molecule has 0 unspecified atom stereocenters. The second-order valence-corrected chi connectivity index (χ2v) is 9.19. The van der Waals surface area contributed by atoms with Crippen molar-refractivity contribution in [3.05, 3.63) is 54.1 Å². The number of morpholine rings is 1. The van der Waals surface area contributed by atoms with E-state index in [1.54, 1.807) is 29.2 Å². The zero-order valence-electron chi connectivity index (χ0n) is 17.6. The summed E-state index contributed by atoms with van der Waals surface area (Å²) < 4.78 is 43.4. The Bertz CT molecular complexity index is 1150. The molecule has 11 heteroatoms. The van der Waals surface area contributed by atoms with Crippen molar-refractivity contribution in [2.24, 2.45) is 0 Å². The highest BCUT2D eigenvalue weighted by Crippen LogP contribution is 2.21. The first kappa shape index (κ1) is 22.2. The quantitative estimate of drug-likeness (QED) is 0.503. The van der Waals surface area contributed by atoms with Gasteiger partial charge in [0.1, 0.15) is 0 Å². The van der Waals surface area contributed by atoms with E-state index in [1.807, 2.05) is 6.92 Å². The molecule has 0 N–H and O–H groups in total. The van der Waals surface area contributed by atoms with Gasteiger partial charge in [-0.1, -0.05) is 13.0 Å². The maximum atomic E-state index is 13.2. The number of hydrogen-bond acceptors (Lipinski definition) is 8. The third-order valence-electron chi connectivity index (χ3n) is 4.99. The molecule has 1 aromatic carbocycles. The number of carbonyl (C=O) groups excluding carboxylic acids is 1. The summed E-state index contributed by atoms with van der Waals surface area (Å²) >= 11 is 0. The minimum absolute atomic E-state index is 0.0830. The second-order valence-electron chi connectivity index (χ2n) is 7.25. The molecule has 0 saturated carbocycles. The van der Waals surface area contributed by atoms with Crippen LogP contribution in [0, 0.1) is 0 Å². The van der Waals surface area contributed by atoms with E-state index in [0.717, 1.165) is 0 Å². The Hall–Kier alpha value is -3.02. The molecule has 0 aliphatic carbocycles. The van der Waals surface area contributed by atoms with Crippen LogP contribution in [0.3, 0.4) is 0 Å². The normalized spacial score (nSPS) is 15.0. The van der Waals surface area contributed by atoms with Crippen molar-refractivity contribution in [1.29, 1.82) is 0 Å². The molecule has 0 atom stereocenters. The summed E-state index contributed by atoms with van der Waals surface area (Å²) in [5.74, 6) is 0.615. The summed E-state index contributed by atoms with van der Waals surface area (Å²) in [6.45, 7) is 3.77. The Morgan fingerprint density at radius 2 is 1.97 bits per heavy atom. The van der Waals surface area contributed by atoms with E-state index in [1.165, 1.54) is 22.7 Å². The maximum absolute atomic E-state index is 13.2. The lowest BCUT2D eigenvalue weighted by Crippen LogP contribution is -2.40. The molecule has 1 amide bonds. The molecule has 10 nitrogen and oxygen atoms in total. The van der Waals surface area contributed by atoms with Crippen LogP contribution in [0.4, 0.5) is 0 Å². The van der Waals surface area contributed by atoms with Crippen molar-refractivity contribution in [2.75, 3.05) is 32.8 Å². The van der Waals surface area contributed by atoms with Gasteiger partial charge in [0.25, 0.3) is 11.8 Å². The van der Waals surface area contributed by atoms with Crippen LogP contribution in [-0.4, -0.2) is 66.6 Å². The molecule has 3 heterocycles. The van der Waals surface area contributed by atoms with Crippen LogP contribution in [0.5, 0.6) is 0 Å². The fraction of sp³-hybridized carbons (Fsp3) is 0.381. The number of furan rings is 1. The van der Waals surface area contributed by atoms with Gasteiger partial charge in [0.15, 0.2) is 5.76 Å². The van der Waals surface area contributed by atoms with E-state index in [-0.39, 0.29) is 47.8 Å². The molecule has 0 bridgehead atoms. The summed E-state index contributed by atoms with van der Waals surface area (Å²) in [5, 5.41) is 7.96. The molecule has 3 aromatic rings. The predicted octanol–water partition coefficient (Wildman–Crippen LogP) is 2.40. The van der Waals surface area contributed by atoms with Crippen molar-refractivity contribution in [3.63, 3.8) is 0 Å². The lowest BCUT2D eigenvalue weighted by Gasteiger charge is -2.26. The molecule has 0 radical (unpaired) electrons. The van der Waals surface area contributed by atoms with Gasteiger partial charge >= 0.3 is 0 Å². The smallest absolute Gasteiger partial charge is 0.283 e. The number of ether oxygens (including phenoxy) is 1. The van der Waals surface area contributed by atoms with Crippen LogP contribution < -0.4 is 0 Å². The number of rotatable bonds is 8. The summed E-state index contributed by atoms with van der Waals surface area (Å²) in [7, 11) is -3.71. The Kier molecular flexibility index (Phi) is 6.68. The number of benzene rings is 1. The monoisotopic (exact) mass is 460 g/mol. The molecule has 1 aliphatic heterocycles. The van der Waals surface area contributed by atoms with E-state index in [0.29, 0.717) is 31.9 Å². The number of amides is 1. The highest BCUT2D eigenvalue weighted by Gasteiger charge is 2.28. The Morgan fingerprint density at radius 1 is 1.16 bits per heavy atom. The van der Waals surface area contributed by atoms with Crippen LogP contribution in [-0.2, 0) is 21.3 Å². The van der Waals surface area contributed by atoms with Crippen molar-refractivity contribution in [1.82, 2.24) is 19.4 Å². The summed E-state index contributed by atoms with van der Waals surface area (Å²) in [4.78, 5) is 14.9. The number of aromatic nitrogens is 2. The van der Waals surface area contributed by atoms with Crippen LogP contribution in [0.1, 0.15) is 29.6 Å². The first-order valence-electron chi connectivity index (χ1n) is 10.3. The Labute approximate surface area is 185 Å². The van der Waals surface area contributed by atoms with Gasteiger partial charge in [-0.05, 0) is 36.8 Å². The molecule has 1 saturated heterocycles. The van der Waals surface area contributed by atoms with Crippen LogP contribution >= 0.6 is 0 Å². The van der Waals surface area contributed by atoms with E-state index in [9.17, 15) is 13.2 Å². The Morgan fingerprint density at radius 3 is 2.69 bits per heavy atom. The topological polar surface area (TPSA) is 119 Å². The van der Waals surface area contributed by atoms with E-state index in [4.69, 9.17) is 13.6 Å². The first-order valence-corrected chi connectivity index (χ1v) is 11.8. The summed E-state index contributed by atoms with van der Waals surface area (Å²) in [5.41, 5.74) is 0.276. The van der Waals surface area contributed by atoms with Gasteiger partial charge in [0.2, 0.25) is 15.9 Å². The predicted molar refractivity (Wildman–Crippen MR) is 113 cm³/mol. The van der Waals surface area contributed by atoms with Gasteiger partial charge < -0.3 is 18.5 Å². The Balaban J connectivity index is 1.54. The fourth-order valence-electron chi connectivity index (χ4n) is 3.41. The SMILES string of the molecule is CCCN(Cc1nnc(-c2ccco2)o1)C(=O)c1cccc(S(=O)(=O)N2CCOCC2)c1. The highest BCUT2D eigenvalue weighted by molar-refractivity contribution is 7.89. The molecule has 32 heavy (non-hydrogen) atoms. The number of sulfonamides is 1. The molecule has 4 rings (SSSR count). The van der Waals surface area contributed by atoms with Crippen molar-refractivity contribution < 1.29 is 26.8 Å². The number of nitrogens with zero attached hydrogens (tertiary/aromatic N) is 4. The zero-order chi connectivity index (χ0) is 22.6. The molecule has 2 aromatic heterocycles. The van der Waals surface area contributed by atoms with Gasteiger partial charge in [0.05, 0.1) is 30.9 Å². The fourth-order valence-corrected chi connectivity index (χ4v) is 4.87. The molecule has 1 aliphatic rings. The lowest BCUT2D eigenvalue weighted by atomic mass is 10.2. The minimum atomic E-state index is -3.71. The highest BCUT2D eigenvalue weighted by atomic mass is 32.2. The maximum Gasteiger partial charge on any atom is 0.283 e. The number of carbonyl (C=O) groups is 1. The first-order chi connectivity index (χ1) is 15.5. The van der Waals surface area contributed by atoms with Gasteiger partial charge in [-0.15, -0.1) is 10.2 Å². The van der Waals surface area contributed by atoms with E-state index < -0.39 is 10.0 Å². The van der Waals surface area contributed by atoms with Crippen molar-refractivity contribution in [2.45, 2.75) is 24.8 Å². The van der Waals surface area contributed by atoms with Gasteiger partial charge in [-0.25, -0.2) is 8.42 Å². The average molecular weight is 461 g/mol. The molecule has 170 valence electrons. The summed E-state index contributed by atoms with van der Waals surface area (Å²) in [6, 6.07) is 9.51. The third-order valence-corrected chi connectivity index (χ3v) is 6.89. The van der Waals surface area contributed by atoms with Crippen LogP contribution in [0.25, 0.3) is 11.7 Å². The van der Waals surface area contributed by atoms with Gasteiger partial charge in [0, 0.05) is 25.2 Å². The third kappa shape index (κ3) is 4.74. The summed E-state index contributed by atoms with van der Waals surface area (Å²) in [6.07, 6.45) is 2.21. The standard InChI is InChI=1S/C21H24N4O6S/c1-2-8-24(15-19-22-23-20(31-19)18-7-4-11-30-18)21(26)16-5-3-6-17(14-16)32(27,28)25-9-12-29-13-10-25/h3-7,11,14H,2,8-10,12-13,15H2,1H3. The molecule has 0 spiro atoms. The second kappa shape index (κ2) is 9.63.